The highest BCUT2D eigenvalue weighted by Crippen LogP contribution is 2.41. The molecule has 1 aromatic heterocycles. The third kappa shape index (κ3) is 6.69. The fourth-order valence-corrected chi connectivity index (χ4v) is 4.97. The minimum absolute atomic E-state index is 0.0208. The number of ether oxygens (including phenoxy) is 1. The molecule has 2 aromatic carbocycles. The second-order valence-corrected chi connectivity index (χ2v) is 10.9. The van der Waals surface area contributed by atoms with Crippen LogP contribution in [0.2, 0.25) is 0 Å². The highest BCUT2D eigenvalue weighted by Gasteiger charge is 2.41. The molecule has 1 amide bonds. The topological polar surface area (TPSA) is 54.5 Å². The summed E-state index contributed by atoms with van der Waals surface area (Å²) in [5.74, 6) is -1.04. The number of benzene rings is 2. The molecule has 1 atom stereocenters. The standard InChI is InChI=1S/C30H30F7N3O2/c1-17-10-21(31)7-8-23(17)24-14-26(42-16-22-6-5-9-38-22)39-15-25(24)40(4)27(41)28(2,3)18-11-19(29(32,33)34)13-20(12-18)30(35,36)37/h7-8,10-15,22,38H,5-6,9,16H2,1-4H3. The van der Waals surface area contributed by atoms with Gasteiger partial charge < -0.3 is 15.0 Å². The fourth-order valence-electron chi connectivity index (χ4n) is 4.97. The van der Waals surface area contributed by atoms with Crippen LogP contribution < -0.4 is 15.0 Å². The van der Waals surface area contributed by atoms with Crippen molar-refractivity contribution in [2.75, 3.05) is 25.1 Å². The van der Waals surface area contributed by atoms with Crippen molar-refractivity contribution < 1.29 is 40.3 Å². The molecule has 226 valence electrons. The van der Waals surface area contributed by atoms with Crippen molar-refractivity contribution in [2.45, 2.75) is 57.4 Å². The van der Waals surface area contributed by atoms with Crippen LogP contribution in [-0.2, 0) is 22.6 Å². The number of nitrogens with one attached hydrogen (secondary N) is 1. The molecular formula is C30H30F7N3O2. The SMILES string of the molecule is Cc1cc(F)ccc1-c1cc(OCC2CCCN2)ncc1N(C)C(=O)C(C)(C)c1cc(C(F)(F)F)cc(C(F)(F)F)c1. The first kappa shape index (κ1) is 31.3. The Kier molecular flexibility index (Phi) is 8.59. The summed E-state index contributed by atoms with van der Waals surface area (Å²) in [6.07, 6.45) is -6.85. The second-order valence-electron chi connectivity index (χ2n) is 10.9. The van der Waals surface area contributed by atoms with Crippen LogP contribution in [0.1, 0.15) is 48.9 Å². The molecule has 5 nitrogen and oxygen atoms in total. The molecule has 0 bridgehead atoms. The van der Waals surface area contributed by atoms with Gasteiger partial charge in [0.15, 0.2) is 0 Å². The Labute approximate surface area is 238 Å². The van der Waals surface area contributed by atoms with Gasteiger partial charge in [-0.25, -0.2) is 9.37 Å². The second kappa shape index (κ2) is 11.5. The number of amides is 1. The van der Waals surface area contributed by atoms with E-state index in [1.165, 1.54) is 45.3 Å². The fraction of sp³-hybridized carbons (Fsp3) is 0.400. The van der Waals surface area contributed by atoms with Crippen LogP contribution in [0.4, 0.5) is 36.4 Å². The zero-order chi connectivity index (χ0) is 31.0. The molecule has 1 aliphatic heterocycles. The average Bonchev–Trinajstić information content (AvgIpc) is 3.43. The van der Waals surface area contributed by atoms with Gasteiger partial charge in [0.05, 0.1) is 28.4 Å². The number of likely N-dealkylation sites (N-methyl/N-ethyl adjacent to an activating group) is 1. The number of anilines is 1. The number of hydrogen-bond acceptors (Lipinski definition) is 4. The van der Waals surface area contributed by atoms with Crippen LogP contribution in [0.25, 0.3) is 11.1 Å². The van der Waals surface area contributed by atoms with Gasteiger partial charge >= 0.3 is 12.4 Å². The lowest BCUT2D eigenvalue weighted by Gasteiger charge is -2.32. The number of pyridine rings is 1. The lowest BCUT2D eigenvalue weighted by atomic mass is 9.81. The Morgan fingerprint density at radius 2 is 1.60 bits per heavy atom. The zero-order valence-corrected chi connectivity index (χ0v) is 23.4. The van der Waals surface area contributed by atoms with Gasteiger partial charge in [-0.2, -0.15) is 26.3 Å². The number of carbonyl (C=O) groups excluding carboxylic acids is 1. The Morgan fingerprint density at radius 3 is 2.14 bits per heavy atom. The average molecular weight is 598 g/mol. The van der Waals surface area contributed by atoms with E-state index in [4.69, 9.17) is 4.74 Å². The van der Waals surface area contributed by atoms with Gasteiger partial charge in [-0.05, 0) is 87.2 Å². The minimum Gasteiger partial charge on any atom is -0.476 e. The number of aromatic nitrogens is 1. The summed E-state index contributed by atoms with van der Waals surface area (Å²) in [6, 6.07) is 6.90. The van der Waals surface area contributed by atoms with E-state index in [1.54, 1.807) is 13.0 Å². The molecule has 1 unspecified atom stereocenters. The van der Waals surface area contributed by atoms with E-state index in [0.29, 0.717) is 35.4 Å². The molecule has 2 heterocycles. The van der Waals surface area contributed by atoms with Crippen LogP contribution >= 0.6 is 0 Å². The molecule has 42 heavy (non-hydrogen) atoms. The molecule has 12 heteroatoms. The number of carbonyl (C=O) groups is 1. The number of rotatable bonds is 7. The third-order valence-electron chi connectivity index (χ3n) is 7.44. The predicted molar refractivity (Wildman–Crippen MR) is 144 cm³/mol. The normalized spacial score (nSPS) is 16.0. The van der Waals surface area contributed by atoms with Crippen LogP contribution in [0.15, 0.2) is 48.7 Å². The maximum atomic E-state index is 13.9. The quantitative estimate of drug-likeness (QED) is 0.291. The minimum atomic E-state index is -5.07. The van der Waals surface area contributed by atoms with Gasteiger partial charge in [0, 0.05) is 24.7 Å². The van der Waals surface area contributed by atoms with E-state index < -0.39 is 46.2 Å². The number of alkyl halides is 6. The van der Waals surface area contributed by atoms with Gasteiger partial charge in [-0.15, -0.1) is 0 Å². The van der Waals surface area contributed by atoms with Crippen LogP contribution in [0, 0.1) is 12.7 Å². The van der Waals surface area contributed by atoms with Crippen molar-refractivity contribution in [3.05, 3.63) is 76.7 Å². The molecule has 1 fully saturated rings. The zero-order valence-electron chi connectivity index (χ0n) is 23.4. The van der Waals surface area contributed by atoms with E-state index in [2.05, 4.69) is 10.3 Å². The Bertz CT molecular complexity index is 1430. The summed E-state index contributed by atoms with van der Waals surface area (Å²) in [5.41, 5.74) is -3.63. The first-order valence-corrected chi connectivity index (χ1v) is 13.2. The van der Waals surface area contributed by atoms with Crippen molar-refractivity contribution in [1.29, 1.82) is 0 Å². The summed E-state index contributed by atoms with van der Waals surface area (Å²) in [7, 11) is 1.35. The predicted octanol–water partition coefficient (Wildman–Crippen LogP) is 7.31. The van der Waals surface area contributed by atoms with Crippen molar-refractivity contribution in [3.8, 4) is 17.0 Å². The van der Waals surface area contributed by atoms with Crippen LogP contribution in [0.3, 0.4) is 0 Å². The maximum Gasteiger partial charge on any atom is 0.416 e. The van der Waals surface area contributed by atoms with Gasteiger partial charge in [-0.1, -0.05) is 6.07 Å². The first-order valence-electron chi connectivity index (χ1n) is 13.2. The summed E-state index contributed by atoms with van der Waals surface area (Å²) >= 11 is 0. The van der Waals surface area contributed by atoms with Crippen molar-refractivity contribution >= 4 is 11.6 Å². The van der Waals surface area contributed by atoms with Crippen molar-refractivity contribution in [1.82, 2.24) is 10.3 Å². The van der Waals surface area contributed by atoms with Crippen molar-refractivity contribution in [2.24, 2.45) is 0 Å². The van der Waals surface area contributed by atoms with E-state index in [9.17, 15) is 35.5 Å². The molecular weight excluding hydrogens is 567 g/mol. The summed E-state index contributed by atoms with van der Waals surface area (Å²) in [5, 5.41) is 3.30. The molecule has 0 saturated carbocycles. The molecule has 1 N–H and O–H groups in total. The highest BCUT2D eigenvalue weighted by atomic mass is 19.4. The largest absolute Gasteiger partial charge is 0.476 e. The monoisotopic (exact) mass is 597 g/mol. The summed E-state index contributed by atoms with van der Waals surface area (Å²) in [4.78, 5) is 19.3. The van der Waals surface area contributed by atoms with E-state index in [0.717, 1.165) is 24.3 Å². The lowest BCUT2D eigenvalue weighted by Crippen LogP contribution is -2.42. The Hall–Kier alpha value is -3.67. The molecule has 3 aromatic rings. The van der Waals surface area contributed by atoms with E-state index in [1.807, 2.05) is 0 Å². The summed E-state index contributed by atoms with van der Waals surface area (Å²) in [6.45, 7) is 5.39. The molecule has 0 radical (unpaired) electrons. The van der Waals surface area contributed by atoms with Crippen LogP contribution in [-0.4, -0.2) is 37.1 Å². The number of hydrogen-bond donors (Lipinski definition) is 1. The molecule has 0 aliphatic carbocycles. The highest BCUT2D eigenvalue weighted by molar-refractivity contribution is 6.03. The van der Waals surface area contributed by atoms with E-state index in [-0.39, 0.29) is 23.7 Å². The third-order valence-corrected chi connectivity index (χ3v) is 7.44. The number of aryl methyl sites for hydroxylation is 1. The lowest BCUT2D eigenvalue weighted by molar-refractivity contribution is -0.143. The summed E-state index contributed by atoms with van der Waals surface area (Å²) < 4.78 is 101. The van der Waals surface area contributed by atoms with Crippen molar-refractivity contribution in [3.63, 3.8) is 0 Å². The van der Waals surface area contributed by atoms with E-state index >= 15 is 0 Å². The van der Waals surface area contributed by atoms with Gasteiger partial charge in [-0.3, -0.25) is 4.79 Å². The maximum absolute atomic E-state index is 13.9. The Morgan fingerprint density at radius 1 is 0.976 bits per heavy atom. The molecule has 4 rings (SSSR count). The smallest absolute Gasteiger partial charge is 0.416 e. The number of nitrogens with zero attached hydrogens (tertiary/aromatic N) is 2. The molecule has 1 aliphatic rings. The van der Waals surface area contributed by atoms with Gasteiger partial charge in [0.2, 0.25) is 11.8 Å². The van der Waals surface area contributed by atoms with Crippen LogP contribution in [0.5, 0.6) is 5.88 Å². The van der Waals surface area contributed by atoms with Gasteiger partial charge in [0.25, 0.3) is 0 Å². The first-order chi connectivity index (χ1) is 19.5. The Balaban J connectivity index is 1.76. The van der Waals surface area contributed by atoms with Gasteiger partial charge in [0.1, 0.15) is 12.4 Å². The molecule has 0 spiro atoms. The number of halogens is 7. The molecule has 1 saturated heterocycles.